The molecule has 0 saturated carbocycles. The number of alkyl halides is 3. The fourth-order valence-corrected chi connectivity index (χ4v) is 3.01. The van der Waals surface area contributed by atoms with Gasteiger partial charge in [0, 0.05) is 55.8 Å². The molecule has 0 fully saturated rings. The second-order valence-corrected chi connectivity index (χ2v) is 7.00. The maximum absolute atomic E-state index is 12.8. The minimum absolute atomic E-state index is 0.0907. The Morgan fingerprint density at radius 1 is 1.16 bits per heavy atom. The number of ether oxygens (including phenoxy) is 1. The van der Waals surface area contributed by atoms with Gasteiger partial charge in [-0.3, -0.25) is 9.59 Å². The van der Waals surface area contributed by atoms with E-state index in [0.717, 1.165) is 0 Å². The van der Waals surface area contributed by atoms with Gasteiger partial charge >= 0.3 is 6.36 Å². The topological polar surface area (TPSA) is 76.5 Å². The van der Waals surface area contributed by atoms with Crippen molar-refractivity contribution >= 4 is 17.5 Å². The number of aromatic nitrogens is 2. The first-order valence-corrected chi connectivity index (χ1v) is 9.66. The number of amides is 2. The SMILES string of the molecule is CN(Cc1ccccc1OC(F)(F)F)C(=O)c1cccc(NC(=O)CCn2ccnc2)c1. The summed E-state index contributed by atoms with van der Waals surface area (Å²) in [7, 11) is 1.48. The molecule has 1 aromatic heterocycles. The maximum Gasteiger partial charge on any atom is 0.573 e. The maximum atomic E-state index is 12.8. The molecule has 3 aromatic rings. The molecule has 0 atom stereocenters. The molecule has 10 heteroatoms. The smallest absolute Gasteiger partial charge is 0.405 e. The molecule has 1 heterocycles. The van der Waals surface area contributed by atoms with Crippen LogP contribution in [0.2, 0.25) is 0 Å². The van der Waals surface area contributed by atoms with Gasteiger partial charge in [0.05, 0.1) is 6.33 Å². The highest BCUT2D eigenvalue weighted by Crippen LogP contribution is 2.27. The Morgan fingerprint density at radius 3 is 2.66 bits per heavy atom. The molecular weight excluding hydrogens is 425 g/mol. The van der Waals surface area contributed by atoms with E-state index in [4.69, 9.17) is 0 Å². The van der Waals surface area contributed by atoms with Gasteiger partial charge in [-0.05, 0) is 24.3 Å². The van der Waals surface area contributed by atoms with Gasteiger partial charge in [0.2, 0.25) is 5.91 Å². The first-order chi connectivity index (χ1) is 15.2. The zero-order chi connectivity index (χ0) is 23.1. The van der Waals surface area contributed by atoms with Gasteiger partial charge in [-0.2, -0.15) is 0 Å². The van der Waals surface area contributed by atoms with Crippen LogP contribution in [-0.2, 0) is 17.9 Å². The van der Waals surface area contributed by atoms with Crippen LogP contribution in [0, 0.1) is 0 Å². The van der Waals surface area contributed by atoms with E-state index in [2.05, 4.69) is 15.0 Å². The van der Waals surface area contributed by atoms with Gasteiger partial charge in [0.15, 0.2) is 0 Å². The van der Waals surface area contributed by atoms with E-state index in [9.17, 15) is 22.8 Å². The number of hydrogen-bond donors (Lipinski definition) is 1. The van der Waals surface area contributed by atoms with Gasteiger partial charge in [-0.1, -0.05) is 24.3 Å². The number of para-hydroxylation sites is 1. The zero-order valence-corrected chi connectivity index (χ0v) is 17.2. The lowest BCUT2D eigenvalue weighted by Gasteiger charge is -2.20. The Bertz CT molecular complexity index is 1070. The molecule has 0 aliphatic carbocycles. The lowest BCUT2D eigenvalue weighted by atomic mass is 10.1. The van der Waals surface area contributed by atoms with Gasteiger partial charge in [-0.15, -0.1) is 13.2 Å². The number of anilines is 1. The summed E-state index contributed by atoms with van der Waals surface area (Å²) < 4.78 is 43.7. The third kappa shape index (κ3) is 6.59. The van der Waals surface area contributed by atoms with Crippen LogP contribution in [0.3, 0.4) is 0 Å². The average molecular weight is 446 g/mol. The molecule has 32 heavy (non-hydrogen) atoms. The minimum Gasteiger partial charge on any atom is -0.405 e. The molecule has 0 aliphatic rings. The van der Waals surface area contributed by atoms with E-state index in [1.807, 2.05) is 0 Å². The summed E-state index contributed by atoms with van der Waals surface area (Å²) in [6.45, 7) is 0.374. The molecule has 0 saturated heterocycles. The molecule has 0 unspecified atom stereocenters. The van der Waals surface area contributed by atoms with Crippen LogP contribution < -0.4 is 10.1 Å². The summed E-state index contributed by atoms with van der Waals surface area (Å²) in [5, 5.41) is 2.73. The van der Waals surface area contributed by atoms with E-state index < -0.39 is 12.3 Å². The van der Waals surface area contributed by atoms with Crippen LogP contribution in [0.1, 0.15) is 22.3 Å². The number of benzene rings is 2. The summed E-state index contributed by atoms with van der Waals surface area (Å²) in [5.41, 5.74) is 0.944. The van der Waals surface area contributed by atoms with Gasteiger partial charge in [-0.25, -0.2) is 4.98 Å². The number of rotatable bonds is 8. The van der Waals surface area contributed by atoms with Gasteiger partial charge in [0.1, 0.15) is 5.75 Å². The predicted molar refractivity (Wildman–Crippen MR) is 111 cm³/mol. The van der Waals surface area contributed by atoms with Crippen LogP contribution in [0.5, 0.6) is 5.75 Å². The summed E-state index contributed by atoms with van der Waals surface area (Å²) in [6.07, 6.45) is 0.380. The number of nitrogens with zero attached hydrogens (tertiary/aromatic N) is 3. The monoisotopic (exact) mass is 446 g/mol. The van der Waals surface area contributed by atoms with Crippen LogP contribution in [0.4, 0.5) is 18.9 Å². The molecule has 2 aromatic carbocycles. The first kappa shape index (κ1) is 22.9. The molecule has 168 valence electrons. The first-order valence-electron chi connectivity index (χ1n) is 9.66. The number of hydrogen-bond acceptors (Lipinski definition) is 4. The average Bonchev–Trinajstić information content (AvgIpc) is 3.26. The van der Waals surface area contributed by atoms with Gasteiger partial charge in [0.25, 0.3) is 5.91 Å². The molecule has 7 nitrogen and oxygen atoms in total. The fourth-order valence-electron chi connectivity index (χ4n) is 3.01. The number of aryl methyl sites for hydroxylation is 1. The molecule has 0 bridgehead atoms. The summed E-state index contributed by atoms with van der Waals surface area (Å²) in [6, 6.07) is 12.0. The van der Waals surface area contributed by atoms with Crippen molar-refractivity contribution in [3.8, 4) is 5.75 Å². The number of carbonyl (C=O) groups is 2. The Kier molecular flexibility index (Phi) is 7.14. The zero-order valence-electron chi connectivity index (χ0n) is 17.2. The fraction of sp³-hybridized carbons (Fsp3) is 0.227. The van der Waals surface area contributed by atoms with E-state index in [1.165, 1.54) is 36.2 Å². The van der Waals surface area contributed by atoms with Crippen LogP contribution >= 0.6 is 0 Å². The van der Waals surface area contributed by atoms with Crippen molar-refractivity contribution in [1.29, 1.82) is 0 Å². The molecule has 3 rings (SSSR count). The number of halogens is 3. The van der Waals surface area contributed by atoms with Crippen molar-refractivity contribution in [3.63, 3.8) is 0 Å². The number of carbonyl (C=O) groups excluding carboxylic acids is 2. The minimum atomic E-state index is -4.83. The van der Waals surface area contributed by atoms with Crippen LogP contribution in [-0.4, -0.2) is 39.7 Å². The lowest BCUT2D eigenvalue weighted by molar-refractivity contribution is -0.275. The number of imidazole rings is 1. The van der Waals surface area contributed by atoms with E-state index in [-0.39, 0.29) is 35.7 Å². The highest BCUT2D eigenvalue weighted by Gasteiger charge is 2.32. The third-order valence-corrected chi connectivity index (χ3v) is 4.50. The molecule has 0 spiro atoms. The van der Waals surface area contributed by atoms with Crippen LogP contribution in [0.25, 0.3) is 0 Å². The van der Waals surface area contributed by atoms with Gasteiger partial charge < -0.3 is 19.5 Å². The lowest BCUT2D eigenvalue weighted by Crippen LogP contribution is -2.27. The van der Waals surface area contributed by atoms with Crippen molar-refractivity contribution in [2.45, 2.75) is 25.9 Å². The third-order valence-electron chi connectivity index (χ3n) is 4.50. The normalized spacial score (nSPS) is 11.1. The molecule has 2 amide bonds. The Balaban J connectivity index is 1.63. The Hall–Kier alpha value is -3.82. The highest BCUT2D eigenvalue weighted by atomic mass is 19.4. The standard InChI is InChI=1S/C22H21F3N4O3/c1-28(14-17-5-2-3-8-19(17)32-22(23,24)25)21(31)16-6-4-7-18(13-16)27-20(30)9-11-29-12-10-26-15-29/h2-8,10,12-13,15H,9,11,14H2,1H3,(H,27,30). The molecule has 0 aliphatic heterocycles. The van der Waals surface area contributed by atoms with Crippen LogP contribution in [0.15, 0.2) is 67.3 Å². The quantitative estimate of drug-likeness (QED) is 0.566. The van der Waals surface area contributed by atoms with E-state index >= 15 is 0 Å². The highest BCUT2D eigenvalue weighted by molar-refractivity contribution is 5.97. The summed E-state index contributed by atoms with van der Waals surface area (Å²) in [4.78, 5) is 30.2. The Labute approximate surface area is 182 Å². The second kappa shape index (κ2) is 9.99. The molecule has 1 N–H and O–H groups in total. The molecular formula is C22H21F3N4O3. The van der Waals surface area contributed by atoms with Crippen molar-refractivity contribution in [2.24, 2.45) is 0 Å². The summed E-state index contributed by atoms with van der Waals surface area (Å²) >= 11 is 0. The molecule has 0 radical (unpaired) electrons. The van der Waals surface area contributed by atoms with E-state index in [1.54, 1.807) is 47.6 Å². The van der Waals surface area contributed by atoms with Crippen molar-refractivity contribution in [1.82, 2.24) is 14.5 Å². The number of nitrogens with one attached hydrogen (secondary N) is 1. The van der Waals surface area contributed by atoms with Crippen molar-refractivity contribution in [3.05, 3.63) is 78.4 Å². The summed E-state index contributed by atoms with van der Waals surface area (Å²) in [5.74, 6) is -1.00. The second-order valence-electron chi connectivity index (χ2n) is 7.00. The largest absolute Gasteiger partial charge is 0.573 e. The Morgan fingerprint density at radius 2 is 1.94 bits per heavy atom. The van der Waals surface area contributed by atoms with Crippen molar-refractivity contribution < 1.29 is 27.5 Å². The van der Waals surface area contributed by atoms with E-state index in [0.29, 0.717) is 12.2 Å². The van der Waals surface area contributed by atoms with Crippen molar-refractivity contribution in [2.75, 3.05) is 12.4 Å². The predicted octanol–water partition coefficient (Wildman–Crippen LogP) is 4.08.